The lowest BCUT2D eigenvalue weighted by Gasteiger charge is -2.19. The quantitative estimate of drug-likeness (QED) is 0.863. The monoisotopic (exact) mass is 329 g/mol. The molecule has 3 nitrogen and oxygen atoms in total. The number of carbonyl (C=O) groups excluding carboxylic acids is 1. The van der Waals surface area contributed by atoms with E-state index in [9.17, 15) is 9.18 Å². The van der Waals surface area contributed by atoms with Gasteiger partial charge in [0.25, 0.3) is 0 Å². The number of halogens is 1. The van der Waals surface area contributed by atoms with Crippen molar-refractivity contribution < 1.29 is 13.9 Å². The van der Waals surface area contributed by atoms with Gasteiger partial charge in [-0.2, -0.15) is 0 Å². The molecule has 0 unspecified atom stereocenters. The van der Waals surface area contributed by atoms with Crippen LogP contribution >= 0.6 is 0 Å². The summed E-state index contributed by atoms with van der Waals surface area (Å²) in [7, 11) is 1.39. The fourth-order valence-corrected chi connectivity index (χ4v) is 2.39. The van der Waals surface area contributed by atoms with E-state index in [0.29, 0.717) is 18.5 Å². The topological polar surface area (TPSA) is 38.3 Å². The van der Waals surface area contributed by atoms with Crippen LogP contribution in [0, 0.1) is 5.82 Å². The molecule has 0 bridgehead atoms. The van der Waals surface area contributed by atoms with Gasteiger partial charge in [0.1, 0.15) is 0 Å². The number of amides is 1. The van der Waals surface area contributed by atoms with Crippen molar-refractivity contribution in [2.75, 3.05) is 12.4 Å². The van der Waals surface area contributed by atoms with Crippen molar-refractivity contribution in [1.29, 1.82) is 0 Å². The van der Waals surface area contributed by atoms with E-state index in [1.807, 2.05) is 0 Å². The third kappa shape index (κ3) is 4.82. The van der Waals surface area contributed by atoms with Crippen LogP contribution in [-0.2, 0) is 16.6 Å². The molecule has 0 radical (unpaired) electrons. The summed E-state index contributed by atoms with van der Waals surface area (Å²) in [4.78, 5) is 12.1. The molecule has 2 rings (SSSR count). The molecule has 0 aromatic heterocycles. The maximum absolute atomic E-state index is 13.4. The number of aryl methyl sites for hydroxylation is 1. The predicted molar refractivity (Wildman–Crippen MR) is 95.0 cm³/mol. The van der Waals surface area contributed by atoms with Crippen molar-refractivity contribution in [3.8, 4) is 5.75 Å². The average molecular weight is 329 g/mol. The zero-order chi connectivity index (χ0) is 17.7. The lowest BCUT2D eigenvalue weighted by molar-refractivity contribution is -0.116. The van der Waals surface area contributed by atoms with E-state index in [-0.39, 0.29) is 17.1 Å². The van der Waals surface area contributed by atoms with Crippen LogP contribution in [-0.4, -0.2) is 13.0 Å². The first-order chi connectivity index (χ1) is 11.3. The molecule has 0 fully saturated rings. The van der Waals surface area contributed by atoms with Gasteiger partial charge in [0.15, 0.2) is 11.6 Å². The van der Waals surface area contributed by atoms with Crippen molar-refractivity contribution in [2.24, 2.45) is 0 Å². The second kappa shape index (κ2) is 7.47. The Morgan fingerprint density at radius 3 is 2.38 bits per heavy atom. The highest BCUT2D eigenvalue weighted by molar-refractivity contribution is 5.91. The van der Waals surface area contributed by atoms with Crippen LogP contribution in [0.25, 0.3) is 0 Å². The molecule has 2 aromatic rings. The minimum atomic E-state index is -0.450. The number of hydrogen-bond acceptors (Lipinski definition) is 2. The molecule has 0 saturated heterocycles. The van der Waals surface area contributed by atoms with Crippen LogP contribution in [0.1, 0.15) is 38.3 Å². The molecule has 0 aliphatic heterocycles. The standard InChI is InChI=1S/C20H24FNO2/c1-20(2,3)15-8-5-14(6-9-15)7-12-19(23)22-16-10-11-17(21)18(13-16)24-4/h5-6,8-11,13H,7,12H2,1-4H3,(H,22,23). The molecular formula is C20H24FNO2. The van der Waals surface area contributed by atoms with Gasteiger partial charge in [-0.3, -0.25) is 4.79 Å². The second-order valence-corrected chi connectivity index (χ2v) is 6.84. The molecule has 2 aromatic carbocycles. The van der Waals surface area contributed by atoms with Crippen molar-refractivity contribution in [1.82, 2.24) is 0 Å². The Hall–Kier alpha value is -2.36. The third-order valence-corrected chi connectivity index (χ3v) is 3.90. The first kappa shape index (κ1) is 18.0. The number of hydrogen-bond donors (Lipinski definition) is 1. The highest BCUT2D eigenvalue weighted by Gasteiger charge is 2.13. The lowest BCUT2D eigenvalue weighted by Crippen LogP contribution is -2.13. The van der Waals surface area contributed by atoms with Crippen LogP contribution in [0.4, 0.5) is 10.1 Å². The molecule has 1 amide bonds. The highest BCUT2D eigenvalue weighted by atomic mass is 19.1. The zero-order valence-corrected chi connectivity index (χ0v) is 14.7. The van der Waals surface area contributed by atoms with Crippen LogP contribution in [0.5, 0.6) is 5.75 Å². The molecule has 0 spiro atoms. The van der Waals surface area contributed by atoms with Gasteiger partial charge < -0.3 is 10.1 Å². The van der Waals surface area contributed by atoms with Crippen LogP contribution in [0.15, 0.2) is 42.5 Å². The smallest absolute Gasteiger partial charge is 0.224 e. The van der Waals surface area contributed by atoms with Crippen molar-refractivity contribution >= 4 is 11.6 Å². The number of anilines is 1. The van der Waals surface area contributed by atoms with E-state index in [1.165, 1.54) is 30.9 Å². The molecule has 1 N–H and O–H groups in total. The van der Waals surface area contributed by atoms with E-state index in [0.717, 1.165) is 5.56 Å². The van der Waals surface area contributed by atoms with E-state index in [4.69, 9.17) is 4.74 Å². The summed E-state index contributed by atoms with van der Waals surface area (Å²) in [5.74, 6) is -0.441. The Balaban J connectivity index is 1.91. The lowest BCUT2D eigenvalue weighted by atomic mass is 9.86. The maximum Gasteiger partial charge on any atom is 0.224 e. The van der Waals surface area contributed by atoms with E-state index in [1.54, 1.807) is 0 Å². The Kier molecular flexibility index (Phi) is 5.60. The van der Waals surface area contributed by atoms with Gasteiger partial charge in [0.05, 0.1) is 7.11 Å². The maximum atomic E-state index is 13.4. The fourth-order valence-electron chi connectivity index (χ4n) is 2.39. The van der Waals surface area contributed by atoms with Gasteiger partial charge in [-0.05, 0) is 35.1 Å². The van der Waals surface area contributed by atoms with E-state index >= 15 is 0 Å². The van der Waals surface area contributed by atoms with Crippen LogP contribution in [0.3, 0.4) is 0 Å². The second-order valence-electron chi connectivity index (χ2n) is 6.84. The van der Waals surface area contributed by atoms with Crippen LogP contribution in [0.2, 0.25) is 0 Å². The Morgan fingerprint density at radius 2 is 1.79 bits per heavy atom. The molecule has 0 heterocycles. The molecular weight excluding hydrogens is 305 g/mol. The summed E-state index contributed by atoms with van der Waals surface area (Å²) in [6.45, 7) is 6.52. The number of benzene rings is 2. The molecule has 0 aliphatic rings. The summed E-state index contributed by atoms with van der Waals surface area (Å²) in [5, 5.41) is 2.76. The van der Waals surface area contributed by atoms with Gasteiger partial charge in [-0.25, -0.2) is 4.39 Å². The van der Waals surface area contributed by atoms with Gasteiger partial charge in [-0.1, -0.05) is 45.0 Å². The van der Waals surface area contributed by atoms with Gasteiger partial charge in [-0.15, -0.1) is 0 Å². The van der Waals surface area contributed by atoms with Crippen molar-refractivity contribution in [3.05, 3.63) is 59.4 Å². The Labute approximate surface area is 142 Å². The van der Waals surface area contributed by atoms with Gasteiger partial charge >= 0.3 is 0 Å². The van der Waals surface area contributed by atoms with Gasteiger partial charge in [0, 0.05) is 18.2 Å². The first-order valence-electron chi connectivity index (χ1n) is 8.02. The number of ether oxygens (including phenoxy) is 1. The summed E-state index contributed by atoms with van der Waals surface area (Å²) >= 11 is 0. The molecule has 128 valence electrons. The first-order valence-corrected chi connectivity index (χ1v) is 8.02. The predicted octanol–water partition coefficient (Wildman–Crippen LogP) is 4.70. The number of rotatable bonds is 5. The summed E-state index contributed by atoms with van der Waals surface area (Å²) in [6.07, 6.45) is 1.03. The largest absolute Gasteiger partial charge is 0.494 e. The average Bonchev–Trinajstić information content (AvgIpc) is 2.54. The molecule has 0 saturated carbocycles. The zero-order valence-electron chi connectivity index (χ0n) is 14.7. The summed E-state index contributed by atoms with van der Waals surface area (Å²) < 4.78 is 18.3. The third-order valence-electron chi connectivity index (χ3n) is 3.90. The van der Waals surface area contributed by atoms with Crippen LogP contribution < -0.4 is 10.1 Å². The molecule has 0 atom stereocenters. The molecule has 0 aliphatic carbocycles. The fraction of sp³-hybridized carbons (Fsp3) is 0.350. The van der Waals surface area contributed by atoms with Crippen molar-refractivity contribution in [2.45, 2.75) is 39.0 Å². The Morgan fingerprint density at radius 1 is 1.12 bits per heavy atom. The number of methoxy groups -OCH3 is 1. The van der Waals surface area contributed by atoms with E-state index in [2.05, 4.69) is 50.4 Å². The van der Waals surface area contributed by atoms with E-state index < -0.39 is 5.82 Å². The minimum absolute atomic E-state index is 0.108. The highest BCUT2D eigenvalue weighted by Crippen LogP contribution is 2.23. The summed E-state index contributed by atoms with van der Waals surface area (Å²) in [5.41, 5.74) is 3.04. The normalized spacial score (nSPS) is 11.2. The number of carbonyl (C=O) groups is 1. The molecule has 4 heteroatoms. The number of nitrogens with one attached hydrogen (secondary N) is 1. The minimum Gasteiger partial charge on any atom is -0.494 e. The molecule has 24 heavy (non-hydrogen) atoms. The summed E-state index contributed by atoms with van der Waals surface area (Å²) in [6, 6.07) is 12.6. The Bertz CT molecular complexity index is 703. The van der Waals surface area contributed by atoms with Crippen molar-refractivity contribution in [3.63, 3.8) is 0 Å². The SMILES string of the molecule is COc1cc(NC(=O)CCc2ccc(C(C)(C)C)cc2)ccc1F. The van der Waals surface area contributed by atoms with Gasteiger partial charge in [0.2, 0.25) is 5.91 Å².